The Morgan fingerprint density at radius 1 is 1.44 bits per heavy atom. The Balaban J connectivity index is 1.89. The van der Waals surface area contributed by atoms with Crippen LogP contribution in [0, 0.1) is 15.5 Å². The average Bonchev–Trinajstić information content (AvgIpc) is 2.60. The molecule has 2 unspecified atom stereocenters. The summed E-state index contributed by atoms with van der Waals surface area (Å²) in [6.07, 6.45) is 3.73. The van der Waals surface area contributed by atoms with E-state index in [1.807, 2.05) is 0 Å². The molecule has 1 aromatic rings. The van der Waals surface area contributed by atoms with Crippen LogP contribution in [0.15, 0.2) is 6.20 Å². The minimum atomic E-state index is 0.451. The van der Waals surface area contributed by atoms with Gasteiger partial charge in [-0.05, 0) is 34.4 Å². The first-order valence-electron chi connectivity index (χ1n) is 5.84. The smallest absolute Gasteiger partial charge is 0.133 e. The predicted molar refractivity (Wildman–Crippen MR) is 69.3 cm³/mol. The highest BCUT2D eigenvalue weighted by atomic mass is 127. The maximum Gasteiger partial charge on any atom is 0.133 e. The maximum atomic E-state index is 11.3. The third-order valence-electron chi connectivity index (χ3n) is 3.78. The highest BCUT2D eigenvalue weighted by molar-refractivity contribution is 14.1. The van der Waals surface area contributed by atoms with Crippen molar-refractivity contribution in [3.63, 3.8) is 0 Å². The van der Waals surface area contributed by atoms with Crippen LogP contribution in [0.3, 0.4) is 0 Å². The van der Waals surface area contributed by atoms with Crippen LogP contribution in [0.4, 0.5) is 0 Å². The van der Waals surface area contributed by atoms with Crippen molar-refractivity contribution in [1.82, 2.24) is 9.55 Å². The molecule has 0 aliphatic heterocycles. The van der Waals surface area contributed by atoms with Crippen LogP contribution < -0.4 is 0 Å². The van der Waals surface area contributed by atoms with E-state index in [1.165, 1.54) is 5.82 Å². The van der Waals surface area contributed by atoms with Crippen LogP contribution in [0.5, 0.6) is 0 Å². The second-order valence-electron chi connectivity index (χ2n) is 5.25. The summed E-state index contributed by atoms with van der Waals surface area (Å²) in [6, 6.07) is 0.561. The van der Waals surface area contributed by atoms with Gasteiger partial charge in [0, 0.05) is 31.0 Å². The number of fused-ring (bicyclic) bond motifs is 1. The summed E-state index contributed by atoms with van der Waals surface area (Å²) in [6.45, 7) is 4.36. The number of hydrogen-bond donors (Lipinski definition) is 0. The second-order valence-corrected chi connectivity index (χ2v) is 6.35. The molecule has 0 N–H and O–H groups in total. The van der Waals surface area contributed by atoms with Gasteiger partial charge in [-0.25, -0.2) is 4.98 Å². The Labute approximate surface area is 109 Å². The molecule has 1 aromatic heterocycles. The van der Waals surface area contributed by atoms with E-state index in [0.717, 1.165) is 16.5 Å². The van der Waals surface area contributed by atoms with Crippen molar-refractivity contribution in [2.75, 3.05) is 0 Å². The number of Topliss-reactive ketones (excluding diaryl/α,β-unsaturated/α-hetero) is 1. The molecule has 0 amide bonds. The molecule has 2 saturated carbocycles. The third kappa shape index (κ3) is 1.53. The fourth-order valence-corrected chi connectivity index (χ4v) is 3.58. The summed E-state index contributed by atoms with van der Waals surface area (Å²) in [5, 5.41) is 0. The summed E-state index contributed by atoms with van der Waals surface area (Å²) < 4.78 is 3.39. The van der Waals surface area contributed by atoms with Crippen molar-refractivity contribution in [3.05, 3.63) is 15.7 Å². The van der Waals surface area contributed by atoms with Gasteiger partial charge in [0.1, 0.15) is 15.3 Å². The molecular formula is C12H15IN2O. The summed E-state index contributed by atoms with van der Waals surface area (Å²) in [5.74, 6) is 3.30. The van der Waals surface area contributed by atoms with Crippen LogP contribution >= 0.6 is 22.6 Å². The van der Waals surface area contributed by atoms with Gasteiger partial charge in [0.15, 0.2) is 0 Å². The highest BCUT2D eigenvalue weighted by Gasteiger charge is 2.57. The minimum Gasteiger partial charge on any atom is -0.330 e. The number of carbonyl (C=O) groups is 1. The number of carbonyl (C=O) groups excluding carboxylic acids is 1. The molecule has 3 nitrogen and oxygen atoms in total. The van der Waals surface area contributed by atoms with Gasteiger partial charge < -0.3 is 4.57 Å². The summed E-state index contributed by atoms with van der Waals surface area (Å²) in [7, 11) is 0. The number of aromatic nitrogens is 2. The van der Waals surface area contributed by atoms with E-state index >= 15 is 0 Å². The van der Waals surface area contributed by atoms with Gasteiger partial charge in [-0.2, -0.15) is 0 Å². The predicted octanol–water partition coefficient (Wildman–Crippen LogP) is 2.76. The van der Waals surface area contributed by atoms with Gasteiger partial charge in [0.25, 0.3) is 0 Å². The van der Waals surface area contributed by atoms with E-state index in [4.69, 9.17) is 0 Å². The van der Waals surface area contributed by atoms with Crippen LogP contribution in [-0.2, 0) is 4.79 Å². The van der Waals surface area contributed by atoms with Crippen molar-refractivity contribution in [1.29, 1.82) is 0 Å². The van der Waals surface area contributed by atoms with Crippen LogP contribution in [0.2, 0.25) is 0 Å². The van der Waals surface area contributed by atoms with Gasteiger partial charge in [-0.15, -0.1) is 0 Å². The molecule has 0 aromatic carbocycles. The van der Waals surface area contributed by atoms with Crippen LogP contribution in [-0.4, -0.2) is 15.3 Å². The number of hydrogen-bond acceptors (Lipinski definition) is 2. The average molecular weight is 330 g/mol. The fourth-order valence-electron chi connectivity index (χ4n) is 3.03. The molecule has 0 radical (unpaired) electrons. The molecular weight excluding hydrogens is 315 g/mol. The Bertz CT molecular complexity index is 438. The molecule has 86 valence electrons. The SMILES string of the molecule is CC(C)c1nc(I)cn1C1C2CC(=O)CC21. The molecule has 0 saturated heterocycles. The second kappa shape index (κ2) is 3.55. The van der Waals surface area contributed by atoms with Crippen LogP contribution in [0.1, 0.15) is 44.5 Å². The maximum absolute atomic E-state index is 11.3. The zero-order chi connectivity index (χ0) is 11.4. The number of imidazole rings is 1. The Kier molecular flexibility index (Phi) is 2.38. The first kappa shape index (κ1) is 10.7. The normalized spacial score (nSPS) is 32.2. The number of rotatable bonds is 2. The van der Waals surface area contributed by atoms with Crippen molar-refractivity contribution >= 4 is 28.4 Å². The Morgan fingerprint density at radius 2 is 2.06 bits per heavy atom. The van der Waals surface area contributed by atoms with Gasteiger partial charge >= 0.3 is 0 Å². The lowest BCUT2D eigenvalue weighted by molar-refractivity contribution is -0.118. The van der Waals surface area contributed by atoms with Crippen LogP contribution in [0.25, 0.3) is 0 Å². The summed E-state index contributed by atoms with van der Waals surface area (Å²) >= 11 is 2.27. The lowest BCUT2D eigenvalue weighted by Crippen LogP contribution is -2.08. The molecule has 2 aliphatic carbocycles. The standard InChI is InChI=1S/C12H15IN2O/c1-6(2)12-14-10(13)5-15(12)11-8-3-7(16)4-9(8)11/h5-6,8-9,11H,3-4H2,1-2H3. The zero-order valence-corrected chi connectivity index (χ0v) is 11.6. The van der Waals surface area contributed by atoms with E-state index in [-0.39, 0.29) is 0 Å². The molecule has 2 atom stereocenters. The van der Waals surface area contributed by atoms with E-state index in [9.17, 15) is 4.79 Å². The zero-order valence-electron chi connectivity index (χ0n) is 9.48. The van der Waals surface area contributed by atoms with Gasteiger partial charge in [-0.3, -0.25) is 4.79 Å². The van der Waals surface area contributed by atoms with Gasteiger partial charge in [0.05, 0.1) is 0 Å². The highest BCUT2D eigenvalue weighted by Crippen LogP contribution is 2.59. The first-order valence-corrected chi connectivity index (χ1v) is 6.91. The molecule has 1 heterocycles. The van der Waals surface area contributed by atoms with Crippen molar-refractivity contribution in [2.45, 2.75) is 38.6 Å². The van der Waals surface area contributed by atoms with Crippen molar-refractivity contribution in [3.8, 4) is 0 Å². The topological polar surface area (TPSA) is 34.9 Å². The lowest BCUT2D eigenvalue weighted by atomic mass is 10.2. The van der Waals surface area contributed by atoms with E-state index in [1.54, 1.807) is 0 Å². The van der Waals surface area contributed by atoms with Gasteiger partial charge in [-0.1, -0.05) is 13.8 Å². The molecule has 0 spiro atoms. The Hall–Kier alpha value is -0.390. The molecule has 2 aliphatic rings. The van der Waals surface area contributed by atoms with E-state index in [0.29, 0.717) is 29.6 Å². The number of halogens is 1. The fraction of sp³-hybridized carbons (Fsp3) is 0.667. The summed E-state index contributed by atoms with van der Waals surface area (Å²) in [4.78, 5) is 15.8. The molecule has 16 heavy (non-hydrogen) atoms. The number of ketones is 1. The van der Waals surface area contributed by atoms with Crippen molar-refractivity contribution in [2.24, 2.45) is 11.8 Å². The molecule has 3 rings (SSSR count). The van der Waals surface area contributed by atoms with Gasteiger partial charge in [0.2, 0.25) is 0 Å². The minimum absolute atomic E-state index is 0.451. The number of nitrogens with zero attached hydrogens (tertiary/aromatic N) is 2. The largest absolute Gasteiger partial charge is 0.330 e. The molecule has 0 bridgehead atoms. The van der Waals surface area contributed by atoms with E-state index < -0.39 is 0 Å². The quantitative estimate of drug-likeness (QED) is 0.782. The van der Waals surface area contributed by atoms with Crippen molar-refractivity contribution < 1.29 is 4.79 Å². The third-order valence-corrected chi connectivity index (χ3v) is 4.30. The van der Waals surface area contributed by atoms with E-state index in [2.05, 4.69) is 52.2 Å². The molecule has 2 fully saturated rings. The summed E-state index contributed by atoms with van der Waals surface area (Å²) in [5.41, 5.74) is 0. The lowest BCUT2D eigenvalue weighted by Gasteiger charge is -2.11. The first-order chi connectivity index (χ1) is 7.58. The Morgan fingerprint density at radius 3 is 2.62 bits per heavy atom. The molecule has 4 heteroatoms. The monoisotopic (exact) mass is 330 g/mol.